The Balaban J connectivity index is 2.28. The highest BCUT2D eigenvalue weighted by atomic mass is 19.1. The fourth-order valence-electron chi connectivity index (χ4n) is 3.25. The van der Waals surface area contributed by atoms with Crippen LogP contribution in [0.15, 0.2) is 48.5 Å². The minimum atomic E-state index is -0.577. The van der Waals surface area contributed by atoms with Crippen LogP contribution in [-0.2, 0) is 22.6 Å². The average molecular weight is 399 g/mol. The third-order valence-corrected chi connectivity index (χ3v) is 5.09. The second kappa shape index (κ2) is 10.7. The van der Waals surface area contributed by atoms with E-state index < -0.39 is 6.04 Å². The molecule has 2 aromatic rings. The number of hydrogen-bond donors (Lipinski definition) is 1. The molecule has 0 aliphatic heterocycles. The summed E-state index contributed by atoms with van der Waals surface area (Å²) in [6.45, 7) is 8.10. The number of rotatable bonds is 9. The van der Waals surface area contributed by atoms with E-state index in [0.717, 1.165) is 23.1 Å². The summed E-state index contributed by atoms with van der Waals surface area (Å²) in [7, 11) is 0. The van der Waals surface area contributed by atoms with Gasteiger partial charge in [0.25, 0.3) is 0 Å². The molecule has 0 saturated carbocycles. The van der Waals surface area contributed by atoms with Gasteiger partial charge in [-0.1, -0.05) is 55.8 Å². The molecule has 0 bridgehead atoms. The zero-order valence-electron chi connectivity index (χ0n) is 17.7. The molecule has 2 rings (SSSR count). The Morgan fingerprint density at radius 1 is 1.03 bits per heavy atom. The number of benzene rings is 2. The van der Waals surface area contributed by atoms with E-state index in [-0.39, 0.29) is 36.6 Å². The first-order valence-electron chi connectivity index (χ1n) is 10.2. The van der Waals surface area contributed by atoms with Crippen LogP contribution in [-0.4, -0.2) is 28.8 Å². The monoisotopic (exact) mass is 398 g/mol. The number of halogens is 1. The van der Waals surface area contributed by atoms with Crippen molar-refractivity contribution < 1.29 is 14.0 Å². The molecule has 0 heterocycles. The second-order valence-corrected chi connectivity index (χ2v) is 7.56. The highest BCUT2D eigenvalue weighted by Gasteiger charge is 2.29. The van der Waals surface area contributed by atoms with Crippen molar-refractivity contribution >= 4 is 11.8 Å². The minimum Gasteiger partial charge on any atom is -0.352 e. The number of carbonyl (C=O) groups is 2. The largest absolute Gasteiger partial charge is 0.352 e. The van der Waals surface area contributed by atoms with Crippen LogP contribution in [0.2, 0.25) is 0 Å². The number of aryl methyl sites for hydroxylation is 1. The van der Waals surface area contributed by atoms with Crippen molar-refractivity contribution in [2.75, 3.05) is 0 Å². The van der Waals surface area contributed by atoms with Crippen LogP contribution in [0.4, 0.5) is 4.39 Å². The fourth-order valence-corrected chi connectivity index (χ4v) is 3.25. The van der Waals surface area contributed by atoms with Gasteiger partial charge in [0.15, 0.2) is 0 Å². The molecule has 156 valence electrons. The van der Waals surface area contributed by atoms with Crippen LogP contribution < -0.4 is 5.32 Å². The molecule has 2 atom stereocenters. The predicted molar refractivity (Wildman–Crippen MR) is 114 cm³/mol. The molecule has 0 aliphatic carbocycles. The SMILES string of the molecule is CC[C@@H](C)NC(=O)[C@H](CC)N(Cc1ccc(F)cc1)C(=O)Cc1cccc(C)c1. The molecule has 0 aromatic heterocycles. The molecule has 29 heavy (non-hydrogen) atoms. The summed E-state index contributed by atoms with van der Waals surface area (Å²) < 4.78 is 13.3. The standard InChI is InChI=1S/C24H31FN2O2/c1-5-18(4)26-24(29)22(6-2)27(16-19-10-12-21(25)13-11-19)23(28)15-20-9-7-8-17(3)14-20/h7-14,18,22H,5-6,15-16H2,1-4H3,(H,26,29)/t18-,22+/m1/s1. The van der Waals surface area contributed by atoms with Crippen molar-refractivity contribution in [3.05, 3.63) is 71.0 Å². The molecular weight excluding hydrogens is 367 g/mol. The van der Waals surface area contributed by atoms with Crippen molar-refractivity contribution in [3.8, 4) is 0 Å². The maximum Gasteiger partial charge on any atom is 0.243 e. The zero-order valence-corrected chi connectivity index (χ0v) is 17.7. The molecule has 1 N–H and O–H groups in total. The molecule has 5 heteroatoms. The molecule has 0 unspecified atom stereocenters. The molecule has 0 aliphatic rings. The predicted octanol–water partition coefficient (Wildman–Crippen LogP) is 4.40. The van der Waals surface area contributed by atoms with E-state index in [1.165, 1.54) is 12.1 Å². The normalized spacial score (nSPS) is 12.9. The van der Waals surface area contributed by atoms with E-state index in [1.807, 2.05) is 52.0 Å². The lowest BCUT2D eigenvalue weighted by molar-refractivity contribution is -0.141. The molecule has 2 amide bonds. The minimum absolute atomic E-state index is 0.0381. The summed E-state index contributed by atoms with van der Waals surface area (Å²) in [4.78, 5) is 27.7. The summed E-state index contributed by atoms with van der Waals surface area (Å²) in [5.41, 5.74) is 2.79. The summed E-state index contributed by atoms with van der Waals surface area (Å²) in [6.07, 6.45) is 1.54. The van der Waals surface area contributed by atoms with E-state index in [4.69, 9.17) is 0 Å². The van der Waals surface area contributed by atoms with Crippen molar-refractivity contribution in [2.45, 2.75) is 65.6 Å². The highest BCUT2D eigenvalue weighted by molar-refractivity contribution is 5.88. The van der Waals surface area contributed by atoms with Crippen molar-refractivity contribution in [3.63, 3.8) is 0 Å². The Kier molecular flexibility index (Phi) is 8.37. The third kappa shape index (κ3) is 6.70. The first kappa shape index (κ1) is 22.6. The Morgan fingerprint density at radius 3 is 2.31 bits per heavy atom. The molecule has 2 aromatic carbocycles. The van der Waals surface area contributed by atoms with Crippen LogP contribution in [0.25, 0.3) is 0 Å². The molecular formula is C24H31FN2O2. The van der Waals surface area contributed by atoms with Crippen LogP contribution in [0.3, 0.4) is 0 Å². The fraction of sp³-hybridized carbons (Fsp3) is 0.417. The summed E-state index contributed by atoms with van der Waals surface area (Å²) in [6, 6.07) is 13.3. The summed E-state index contributed by atoms with van der Waals surface area (Å²) in [5.74, 6) is -0.597. The van der Waals surface area contributed by atoms with Gasteiger partial charge in [-0.3, -0.25) is 9.59 Å². The lowest BCUT2D eigenvalue weighted by atomic mass is 10.0. The van der Waals surface area contributed by atoms with Gasteiger partial charge in [-0.05, 0) is 49.9 Å². The van der Waals surface area contributed by atoms with Gasteiger partial charge in [-0.2, -0.15) is 0 Å². The quantitative estimate of drug-likeness (QED) is 0.681. The van der Waals surface area contributed by atoms with Crippen LogP contribution in [0.5, 0.6) is 0 Å². The lowest BCUT2D eigenvalue weighted by Crippen LogP contribution is -2.51. The number of hydrogen-bond acceptors (Lipinski definition) is 2. The van der Waals surface area contributed by atoms with Crippen LogP contribution in [0.1, 0.15) is 50.3 Å². The zero-order chi connectivity index (χ0) is 21.4. The van der Waals surface area contributed by atoms with E-state index >= 15 is 0 Å². The number of amides is 2. The first-order chi connectivity index (χ1) is 13.8. The molecule has 0 saturated heterocycles. The van der Waals surface area contributed by atoms with Gasteiger partial charge in [-0.15, -0.1) is 0 Å². The first-order valence-corrected chi connectivity index (χ1v) is 10.2. The van der Waals surface area contributed by atoms with E-state index in [0.29, 0.717) is 6.42 Å². The van der Waals surface area contributed by atoms with Gasteiger partial charge < -0.3 is 10.2 Å². The smallest absolute Gasteiger partial charge is 0.243 e. The number of nitrogens with zero attached hydrogens (tertiary/aromatic N) is 1. The van der Waals surface area contributed by atoms with Gasteiger partial charge in [0.2, 0.25) is 11.8 Å². The maximum atomic E-state index is 13.3. The number of nitrogens with one attached hydrogen (secondary N) is 1. The van der Waals surface area contributed by atoms with Gasteiger partial charge in [0.1, 0.15) is 11.9 Å². The molecule has 4 nitrogen and oxygen atoms in total. The molecule has 0 spiro atoms. The highest BCUT2D eigenvalue weighted by Crippen LogP contribution is 2.16. The Hall–Kier alpha value is -2.69. The Labute approximate surface area is 173 Å². The van der Waals surface area contributed by atoms with E-state index in [2.05, 4.69) is 5.32 Å². The van der Waals surface area contributed by atoms with E-state index in [1.54, 1.807) is 17.0 Å². The third-order valence-electron chi connectivity index (χ3n) is 5.09. The van der Waals surface area contributed by atoms with Crippen LogP contribution in [0, 0.1) is 12.7 Å². The van der Waals surface area contributed by atoms with Gasteiger partial charge >= 0.3 is 0 Å². The van der Waals surface area contributed by atoms with E-state index in [9.17, 15) is 14.0 Å². The second-order valence-electron chi connectivity index (χ2n) is 7.56. The Bertz CT molecular complexity index is 820. The van der Waals surface area contributed by atoms with Gasteiger partial charge in [0.05, 0.1) is 6.42 Å². The molecule has 0 radical (unpaired) electrons. The Morgan fingerprint density at radius 2 is 1.72 bits per heavy atom. The van der Waals surface area contributed by atoms with Gasteiger partial charge in [-0.25, -0.2) is 4.39 Å². The van der Waals surface area contributed by atoms with Crippen molar-refractivity contribution in [1.82, 2.24) is 10.2 Å². The van der Waals surface area contributed by atoms with Crippen molar-refractivity contribution in [1.29, 1.82) is 0 Å². The summed E-state index contributed by atoms with van der Waals surface area (Å²) in [5, 5.41) is 2.99. The van der Waals surface area contributed by atoms with Gasteiger partial charge in [0, 0.05) is 12.6 Å². The lowest BCUT2D eigenvalue weighted by Gasteiger charge is -2.31. The van der Waals surface area contributed by atoms with Crippen molar-refractivity contribution in [2.24, 2.45) is 0 Å². The topological polar surface area (TPSA) is 49.4 Å². The maximum absolute atomic E-state index is 13.3. The molecule has 0 fully saturated rings. The van der Waals surface area contributed by atoms with Crippen LogP contribution >= 0.6 is 0 Å². The average Bonchev–Trinajstić information content (AvgIpc) is 2.69. The number of carbonyl (C=O) groups excluding carboxylic acids is 2. The summed E-state index contributed by atoms with van der Waals surface area (Å²) >= 11 is 0.